The Morgan fingerprint density at radius 2 is 2.14 bits per heavy atom. The van der Waals surface area contributed by atoms with Gasteiger partial charge in [0.15, 0.2) is 0 Å². The molecule has 2 aromatic carbocycles. The summed E-state index contributed by atoms with van der Waals surface area (Å²) >= 11 is 6.37. The van der Waals surface area contributed by atoms with Gasteiger partial charge in [-0.1, -0.05) is 35.9 Å². The van der Waals surface area contributed by atoms with Crippen molar-refractivity contribution in [1.82, 2.24) is 10.3 Å². The molecule has 4 rings (SSSR count). The molecule has 2 heterocycles. The number of carbonyl (C=O) groups is 1. The van der Waals surface area contributed by atoms with Gasteiger partial charge in [-0.05, 0) is 41.5 Å². The predicted octanol–water partition coefficient (Wildman–Crippen LogP) is 4.67. The van der Waals surface area contributed by atoms with Crippen molar-refractivity contribution in [2.75, 3.05) is 6.54 Å². The number of pyridine rings is 1. The molecular weight excluding hydrogens is 391 g/mol. The minimum atomic E-state index is -0.299. The Balaban J connectivity index is 1.40. The first-order valence-electron chi connectivity index (χ1n) is 9.20. The highest BCUT2D eigenvalue weighted by Crippen LogP contribution is 2.40. The summed E-state index contributed by atoms with van der Waals surface area (Å²) in [5.74, 6) is 0.0788. The molecule has 1 aliphatic heterocycles. The number of ether oxygens (including phenoxy) is 1. The maximum atomic E-state index is 14.1. The molecular formula is C23H18ClFN2O2. The molecule has 1 amide bonds. The van der Waals surface area contributed by atoms with Crippen LogP contribution in [-0.4, -0.2) is 23.5 Å². The Labute approximate surface area is 173 Å². The molecule has 0 bridgehead atoms. The number of fused-ring (bicyclic) bond motifs is 1. The van der Waals surface area contributed by atoms with Gasteiger partial charge >= 0.3 is 0 Å². The SMILES string of the molecule is O=C(C=Cc1cccnc1)NCC1Cc2cc(-c3ccccc3F)cc(Cl)c2O1. The van der Waals surface area contributed by atoms with Crippen molar-refractivity contribution in [3.8, 4) is 16.9 Å². The van der Waals surface area contributed by atoms with Crippen molar-refractivity contribution < 1.29 is 13.9 Å². The second kappa shape index (κ2) is 8.45. The molecule has 3 aromatic rings. The molecule has 1 unspecified atom stereocenters. The van der Waals surface area contributed by atoms with E-state index in [-0.39, 0.29) is 17.8 Å². The summed E-state index contributed by atoms with van der Waals surface area (Å²) < 4.78 is 20.0. The van der Waals surface area contributed by atoms with E-state index in [1.165, 1.54) is 12.1 Å². The number of amides is 1. The number of carbonyl (C=O) groups excluding carboxylic acids is 1. The number of nitrogens with one attached hydrogen (secondary N) is 1. The average Bonchev–Trinajstić information content (AvgIpc) is 3.15. The van der Waals surface area contributed by atoms with Gasteiger partial charge in [-0.15, -0.1) is 0 Å². The summed E-state index contributed by atoms with van der Waals surface area (Å²) in [6.45, 7) is 0.344. The fourth-order valence-electron chi connectivity index (χ4n) is 3.27. The first-order chi connectivity index (χ1) is 14.1. The van der Waals surface area contributed by atoms with Gasteiger partial charge in [-0.2, -0.15) is 0 Å². The third-order valence-corrected chi connectivity index (χ3v) is 4.93. The van der Waals surface area contributed by atoms with Gasteiger partial charge in [0.05, 0.1) is 11.6 Å². The second-order valence-electron chi connectivity index (χ2n) is 6.73. The van der Waals surface area contributed by atoms with Crippen molar-refractivity contribution in [3.63, 3.8) is 0 Å². The normalized spacial score (nSPS) is 15.2. The van der Waals surface area contributed by atoms with Crippen LogP contribution in [0.1, 0.15) is 11.1 Å². The molecule has 29 heavy (non-hydrogen) atoms. The summed E-state index contributed by atoms with van der Waals surface area (Å²) in [7, 11) is 0. The molecule has 1 aliphatic rings. The van der Waals surface area contributed by atoms with Gasteiger partial charge in [0, 0.05) is 36.0 Å². The minimum absolute atomic E-state index is 0.216. The summed E-state index contributed by atoms with van der Waals surface area (Å²) in [6, 6.07) is 13.8. The Hall–Kier alpha value is -3.18. The molecule has 1 N–H and O–H groups in total. The number of nitrogens with zero attached hydrogens (tertiary/aromatic N) is 1. The van der Waals surface area contributed by atoms with E-state index >= 15 is 0 Å². The number of aromatic nitrogens is 1. The quantitative estimate of drug-likeness (QED) is 0.624. The van der Waals surface area contributed by atoms with E-state index in [4.69, 9.17) is 16.3 Å². The van der Waals surface area contributed by atoms with E-state index in [9.17, 15) is 9.18 Å². The van der Waals surface area contributed by atoms with Crippen molar-refractivity contribution in [2.24, 2.45) is 0 Å². The van der Waals surface area contributed by atoms with Crippen LogP contribution in [0.3, 0.4) is 0 Å². The number of hydrogen-bond acceptors (Lipinski definition) is 3. The molecule has 6 heteroatoms. The fourth-order valence-corrected chi connectivity index (χ4v) is 3.56. The highest BCUT2D eigenvalue weighted by molar-refractivity contribution is 6.32. The lowest BCUT2D eigenvalue weighted by atomic mass is 10.0. The Kier molecular flexibility index (Phi) is 5.58. The maximum Gasteiger partial charge on any atom is 0.244 e. The Bertz CT molecular complexity index is 1070. The number of benzene rings is 2. The largest absolute Gasteiger partial charge is 0.486 e. The summed E-state index contributed by atoms with van der Waals surface area (Å²) in [5, 5.41) is 3.27. The lowest BCUT2D eigenvalue weighted by Crippen LogP contribution is -2.33. The highest BCUT2D eigenvalue weighted by Gasteiger charge is 2.26. The summed E-state index contributed by atoms with van der Waals surface area (Å²) in [6.07, 6.45) is 6.87. The van der Waals surface area contributed by atoms with E-state index in [1.807, 2.05) is 12.1 Å². The number of halogens is 2. The molecule has 0 saturated carbocycles. The molecule has 0 fully saturated rings. The van der Waals surface area contributed by atoms with E-state index < -0.39 is 0 Å². The number of hydrogen-bond donors (Lipinski definition) is 1. The van der Waals surface area contributed by atoms with Crippen molar-refractivity contribution in [1.29, 1.82) is 0 Å². The molecule has 1 atom stereocenters. The van der Waals surface area contributed by atoms with Crippen LogP contribution in [0.2, 0.25) is 5.02 Å². The lowest BCUT2D eigenvalue weighted by molar-refractivity contribution is -0.116. The van der Waals surface area contributed by atoms with Crippen LogP contribution in [0.4, 0.5) is 4.39 Å². The first kappa shape index (κ1) is 19.2. The van der Waals surface area contributed by atoms with Gasteiger partial charge in [-0.3, -0.25) is 9.78 Å². The first-order valence-corrected chi connectivity index (χ1v) is 9.58. The Morgan fingerprint density at radius 3 is 2.93 bits per heavy atom. The highest BCUT2D eigenvalue weighted by atomic mass is 35.5. The van der Waals surface area contributed by atoms with E-state index in [0.29, 0.717) is 34.9 Å². The molecule has 146 valence electrons. The lowest BCUT2D eigenvalue weighted by Gasteiger charge is -2.11. The molecule has 0 radical (unpaired) electrons. The molecule has 0 saturated heterocycles. The van der Waals surface area contributed by atoms with Crippen molar-refractivity contribution in [3.05, 3.63) is 89.0 Å². The third-order valence-electron chi connectivity index (χ3n) is 4.65. The monoisotopic (exact) mass is 408 g/mol. The van der Waals surface area contributed by atoms with Crippen molar-refractivity contribution >= 4 is 23.6 Å². The van der Waals surface area contributed by atoms with Crippen LogP contribution >= 0.6 is 11.6 Å². The van der Waals surface area contributed by atoms with Crippen LogP contribution in [0.15, 0.2) is 67.0 Å². The van der Waals surface area contributed by atoms with Gasteiger partial charge < -0.3 is 10.1 Å². The average molecular weight is 409 g/mol. The van der Waals surface area contributed by atoms with E-state index in [0.717, 1.165) is 11.1 Å². The van der Waals surface area contributed by atoms with Crippen LogP contribution in [0, 0.1) is 5.82 Å². The van der Waals surface area contributed by atoms with Crippen LogP contribution < -0.4 is 10.1 Å². The summed E-state index contributed by atoms with van der Waals surface area (Å²) in [5.41, 5.74) is 2.95. The molecule has 1 aromatic heterocycles. The zero-order valence-electron chi connectivity index (χ0n) is 15.4. The number of rotatable bonds is 5. The topological polar surface area (TPSA) is 51.2 Å². The van der Waals surface area contributed by atoms with E-state index in [2.05, 4.69) is 10.3 Å². The molecule has 4 nitrogen and oxygen atoms in total. The van der Waals surface area contributed by atoms with Gasteiger partial charge in [0.1, 0.15) is 17.7 Å². The predicted molar refractivity (Wildman–Crippen MR) is 111 cm³/mol. The molecule has 0 spiro atoms. The third kappa shape index (κ3) is 4.46. The van der Waals surface area contributed by atoms with Gasteiger partial charge in [0.2, 0.25) is 5.91 Å². The minimum Gasteiger partial charge on any atom is -0.486 e. The fraction of sp³-hybridized carbons (Fsp3) is 0.130. The standard InChI is InChI=1S/C23H18ClFN2O2/c24-20-12-16(19-5-1-2-6-21(19)25)10-17-11-18(29-23(17)20)14-27-22(28)8-7-15-4-3-9-26-13-15/h1-10,12-13,18H,11,14H2,(H,27,28). The molecule has 0 aliphatic carbocycles. The van der Waals surface area contributed by atoms with Crippen LogP contribution in [0.25, 0.3) is 17.2 Å². The maximum absolute atomic E-state index is 14.1. The second-order valence-corrected chi connectivity index (χ2v) is 7.14. The van der Waals surface area contributed by atoms with Gasteiger partial charge in [-0.25, -0.2) is 4.39 Å². The van der Waals surface area contributed by atoms with Crippen molar-refractivity contribution in [2.45, 2.75) is 12.5 Å². The van der Waals surface area contributed by atoms with Gasteiger partial charge in [0.25, 0.3) is 0 Å². The Morgan fingerprint density at radius 1 is 1.28 bits per heavy atom. The smallest absolute Gasteiger partial charge is 0.244 e. The van der Waals surface area contributed by atoms with E-state index in [1.54, 1.807) is 48.8 Å². The van der Waals surface area contributed by atoms with Crippen LogP contribution in [-0.2, 0) is 11.2 Å². The zero-order valence-corrected chi connectivity index (χ0v) is 16.2. The summed E-state index contributed by atoms with van der Waals surface area (Å²) in [4.78, 5) is 16.0. The van der Waals surface area contributed by atoms with Crippen LogP contribution in [0.5, 0.6) is 5.75 Å². The zero-order chi connectivity index (χ0) is 20.2.